The molecule has 0 radical (unpaired) electrons. The third kappa shape index (κ3) is 3.31. The minimum Gasteiger partial charge on any atom is -0.317 e. The Bertz CT molecular complexity index is 360. The van der Waals surface area contributed by atoms with Crippen molar-refractivity contribution in [2.75, 3.05) is 26.7 Å². The first-order valence-corrected chi connectivity index (χ1v) is 5.98. The van der Waals surface area contributed by atoms with Crippen LogP contribution in [0.3, 0.4) is 0 Å². The predicted molar refractivity (Wildman–Crippen MR) is 64.9 cm³/mol. The van der Waals surface area contributed by atoms with Crippen molar-refractivity contribution in [3.63, 3.8) is 0 Å². The molecule has 0 spiro atoms. The molecule has 5 nitrogen and oxygen atoms in total. The molecule has 0 unspecified atom stereocenters. The van der Waals surface area contributed by atoms with Crippen molar-refractivity contribution in [1.29, 1.82) is 0 Å². The Morgan fingerprint density at radius 3 is 2.82 bits per heavy atom. The Morgan fingerprint density at radius 2 is 2.24 bits per heavy atom. The lowest BCUT2D eigenvalue weighted by molar-refractivity contribution is 0.0900. The number of likely N-dealkylation sites (tertiary alicyclic amines) is 1. The molecule has 0 atom stereocenters. The molecule has 1 saturated heterocycles. The van der Waals surface area contributed by atoms with Gasteiger partial charge in [0.2, 0.25) is 0 Å². The number of rotatable bonds is 4. The molecule has 1 N–H and O–H groups in total. The quantitative estimate of drug-likeness (QED) is 0.761. The van der Waals surface area contributed by atoms with E-state index < -0.39 is 0 Å². The van der Waals surface area contributed by atoms with Gasteiger partial charge in [-0.05, 0) is 19.9 Å². The van der Waals surface area contributed by atoms with Gasteiger partial charge in [0.25, 0.3) is 0 Å². The Morgan fingerprint density at radius 1 is 1.47 bits per heavy atom. The van der Waals surface area contributed by atoms with Crippen LogP contribution in [0.25, 0.3) is 0 Å². The van der Waals surface area contributed by atoms with Crippen molar-refractivity contribution in [3.8, 4) is 0 Å². The van der Waals surface area contributed by atoms with Crippen molar-refractivity contribution >= 4 is 5.78 Å². The van der Waals surface area contributed by atoms with Gasteiger partial charge in [0.1, 0.15) is 5.69 Å². The van der Waals surface area contributed by atoms with Crippen LogP contribution in [-0.4, -0.2) is 53.4 Å². The van der Waals surface area contributed by atoms with E-state index in [-0.39, 0.29) is 5.78 Å². The molecule has 0 aromatic carbocycles. The van der Waals surface area contributed by atoms with Crippen LogP contribution in [0.2, 0.25) is 0 Å². The second-order valence-corrected chi connectivity index (χ2v) is 4.35. The summed E-state index contributed by atoms with van der Waals surface area (Å²) in [5.74, 6) is 0.0565. The monoisotopic (exact) mass is 234 g/mol. The highest BCUT2D eigenvalue weighted by atomic mass is 16.1. The van der Waals surface area contributed by atoms with E-state index in [2.05, 4.69) is 20.2 Å². The molecule has 0 aliphatic carbocycles. The molecule has 0 saturated carbocycles. The maximum absolute atomic E-state index is 11.9. The van der Waals surface area contributed by atoms with E-state index in [1.165, 1.54) is 6.20 Å². The minimum atomic E-state index is 0.0565. The molecule has 92 valence electrons. The number of carbonyl (C=O) groups excluding carboxylic acids is 1. The number of hydrogen-bond acceptors (Lipinski definition) is 5. The standard InChI is InChI=1S/C12H18N4O/c1-13-10-2-6-16(7-3-10)9-12(17)11-8-14-4-5-15-11/h4-5,8,10,13H,2-3,6-7,9H2,1H3. The van der Waals surface area contributed by atoms with E-state index in [0.717, 1.165) is 25.9 Å². The average molecular weight is 234 g/mol. The summed E-state index contributed by atoms with van der Waals surface area (Å²) in [5.41, 5.74) is 0.461. The van der Waals surface area contributed by atoms with E-state index in [0.29, 0.717) is 18.3 Å². The molecule has 2 heterocycles. The topological polar surface area (TPSA) is 58.1 Å². The Labute approximate surface area is 101 Å². The first-order valence-electron chi connectivity index (χ1n) is 5.98. The molecule has 1 aliphatic rings. The van der Waals surface area contributed by atoms with Gasteiger partial charge in [-0.25, -0.2) is 4.98 Å². The lowest BCUT2D eigenvalue weighted by Crippen LogP contribution is -2.43. The summed E-state index contributed by atoms with van der Waals surface area (Å²) in [6.45, 7) is 2.39. The van der Waals surface area contributed by atoms with Crippen LogP contribution in [0.4, 0.5) is 0 Å². The van der Waals surface area contributed by atoms with Crippen LogP contribution in [0.5, 0.6) is 0 Å². The summed E-state index contributed by atoms with van der Waals surface area (Å²) in [4.78, 5) is 22.0. The maximum Gasteiger partial charge on any atom is 0.196 e. The molecule has 1 fully saturated rings. The smallest absolute Gasteiger partial charge is 0.196 e. The molecule has 1 aromatic rings. The zero-order chi connectivity index (χ0) is 12.1. The maximum atomic E-state index is 11.9. The van der Waals surface area contributed by atoms with E-state index in [4.69, 9.17) is 0 Å². The van der Waals surface area contributed by atoms with E-state index in [9.17, 15) is 4.79 Å². The van der Waals surface area contributed by atoms with Crippen molar-refractivity contribution < 1.29 is 4.79 Å². The third-order valence-electron chi connectivity index (χ3n) is 3.21. The number of carbonyl (C=O) groups is 1. The van der Waals surface area contributed by atoms with E-state index >= 15 is 0 Å². The van der Waals surface area contributed by atoms with Gasteiger partial charge in [0.05, 0.1) is 12.7 Å². The number of nitrogens with one attached hydrogen (secondary N) is 1. The highest BCUT2D eigenvalue weighted by molar-refractivity contribution is 5.95. The lowest BCUT2D eigenvalue weighted by Gasteiger charge is -2.30. The van der Waals surface area contributed by atoms with Crippen molar-refractivity contribution in [2.45, 2.75) is 18.9 Å². The molecule has 0 bridgehead atoms. The molecule has 1 aromatic heterocycles. The second kappa shape index (κ2) is 5.84. The van der Waals surface area contributed by atoms with Crippen molar-refractivity contribution in [2.24, 2.45) is 0 Å². The number of hydrogen-bond donors (Lipinski definition) is 1. The summed E-state index contributed by atoms with van der Waals surface area (Å²) in [6, 6.07) is 0.595. The zero-order valence-corrected chi connectivity index (χ0v) is 10.1. The molecule has 1 aliphatic heterocycles. The van der Waals surface area contributed by atoms with Crippen LogP contribution >= 0.6 is 0 Å². The molecule has 2 rings (SSSR count). The number of aromatic nitrogens is 2. The zero-order valence-electron chi connectivity index (χ0n) is 10.1. The molecule has 17 heavy (non-hydrogen) atoms. The molecule has 0 amide bonds. The van der Waals surface area contributed by atoms with Gasteiger partial charge in [-0.3, -0.25) is 14.7 Å². The summed E-state index contributed by atoms with van der Waals surface area (Å²) in [7, 11) is 1.99. The Kier molecular flexibility index (Phi) is 4.17. The van der Waals surface area contributed by atoms with Crippen LogP contribution in [0.15, 0.2) is 18.6 Å². The Hall–Kier alpha value is -1.33. The summed E-state index contributed by atoms with van der Waals surface area (Å²) in [5, 5.41) is 3.28. The van der Waals surface area contributed by atoms with Gasteiger partial charge in [-0.1, -0.05) is 0 Å². The number of nitrogens with zero attached hydrogens (tertiary/aromatic N) is 3. The normalized spacial score (nSPS) is 18.2. The van der Waals surface area contributed by atoms with Crippen LogP contribution in [0.1, 0.15) is 23.3 Å². The first-order chi connectivity index (χ1) is 8.29. The van der Waals surface area contributed by atoms with Gasteiger partial charge in [0, 0.05) is 31.5 Å². The van der Waals surface area contributed by atoms with Gasteiger partial charge >= 0.3 is 0 Å². The third-order valence-corrected chi connectivity index (χ3v) is 3.21. The van der Waals surface area contributed by atoms with Crippen molar-refractivity contribution in [3.05, 3.63) is 24.3 Å². The highest BCUT2D eigenvalue weighted by Crippen LogP contribution is 2.10. The first kappa shape index (κ1) is 12.1. The largest absolute Gasteiger partial charge is 0.317 e. The van der Waals surface area contributed by atoms with Crippen LogP contribution in [0, 0.1) is 0 Å². The fourth-order valence-corrected chi connectivity index (χ4v) is 2.11. The highest BCUT2D eigenvalue weighted by Gasteiger charge is 2.20. The average Bonchev–Trinajstić information content (AvgIpc) is 2.40. The van der Waals surface area contributed by atoms with Crippen LogP contribution < -0.4 is 5.32 Å². The Balaban J connectivity index is 1.84. The predicted octanol–water partition coefficient (Wildman–Crippen LogP) is 0.343. The SMILES string of the molecule is CNC1CCN(CC(=O)c2cnccn2)CC1. The number of ketones is 1. The molecular weight excluding hydrogens is 216 g/mol. The molecule has 5 heteroatoms. The van der Waals surface area contributed by atoms with Gasteiger partial charge < -0.3 is 5.32 Å². The summed E-state index contributed by atoms with van der Waals surface area (Å²) >= 11 is 0. The second-order valence-electron chi connectivity index (χ2n) is 4.35. The van der Waals surface area contributed by atoms with Gasteiger partial charge in [-0.2, -0.15) is 0 Å². The summed E-state index contributed by atoms with van der Waals surface area (Å²) < 4.78 is 0. The van der Waals surface area contributed by atoms with Gasteiger partial charge in [-0.15, -0.1) is 0 Å². The summed E-state index contributed by atoms with van der Waals surface area (Å²) in [6.07, 6.45) is 6.87. The van der Waals surface area contributed by atoms with Crippen LogP contribution in [-0.2, 0) is 0 Å². The van der Waals surface area contributed by atoms with Gasteiger partial charge in [0.15, 0.2) is 5.78 Å². The van der Waals surface area contributed by atoms with Crippen molar-refractivity contribution in [1.82, 2.24) is 20.2 Å². The number of piperidine rings is 1. The fraction of sp³-hybridized carbons (Fsp3) is 0.583. The van der Waals surface area contributed by atoms with E-state index in [1.54, 1.807) is 12.4 Å². The fourth-order valence-electron chi connectivity index (χ4n) is 2.11. The van der Waals surface area contributed by atoms with E-state index in [1.807, 2.05) is 7.05 Å². The minimum absolute atomic E-state index is 0.0565. The molecular formula is C12H18N4O. The number of Topliss-reactive ketones (excluding diaryl/α,β-unsaturated/α-hetero) is 1. The lowest BCUT2D eigenvalue weighted by atomic mass is 10.1.